The van der Waals surface area contributed by atoms with Crippen LogP contribution in [0.25, 0.3) is 0 Å². The van der Waals surface area contributed by atoms with Gasteiger partial charge in [-0.2, -0.15) is 0 Å². The normalized spacial score (nSPS) is 17.1. The van der Waals surface area contributed by atoms with Crippen molar-refractivity contribution in [2.24, 2.45) is 5.14 Å². The predicted molar refractivity (Wildman–Crippen MR) is 77.1 cm³/mol. The van der Waals surface area contributed by atoms with Crippen molar-refractivity contribution < 1.29 is 17.6 Å². The second-order valence-electron chi connectivity index (χ2n) is 5.25. The molecule has 0 radical (unpaired) electrons. The molecule has 0 unspecified atom stereocenters. The maximum absolute atomic E-state index is 13.7. The second kappa shape index (κ2) is 5.55. The van der Waals surface area contributed by atoms with Crippen molar-refractivity contribution in [3.63, 3.8) is 0 Å². The minimum atomic E-state index is -4.12. The first-order valence-corrected chi connectivity index (χ1v) is 8.45. The molecule has 0 atom stereocenters. The number of sulfonamides is 1. The maximum Gasteiger partial charge on any atom is 0.253 e. The molecule has 1 aromatic rings. The Kier molecular flexibility index (Phi) is 4.28. The molecule has 0 heterocycles. The van der Waals surface area contributed by atoms with E-state index in [1.54, 1.807) is 0 Å². The molecule has 1 fully saturated rings. The number of hydrogen-bond acceptors (Lipinski definition) is 3. The van der Waals surface area contributed by atoms with Crippen LogP contribution in [0.3, 0.4) is 0 Å². The Morgan fingerprint density at radius 3 is 2.52 bits per heavy atom. The highest BCUT2D eigenvalue weighted by Gasteiger charge is 2.37. The molecule has 0 spiro atoms. The summed E-state index contributed by atoms with van der Waals surface area (Å²) in [5.41, 5.74) is -0.533. The third kappa shape index (κ3) is 3.20. The highest BCUT2D eigenvalue weighted by Crippen LogP contribution is 2.35. The molecule has 21 heavy (non-hydrogen) atoms. The van der Waals surface area contributed by atoms with Crippen LogP contribution >= 0.6 is 11.6 Å². The van der Waals surface area contributed by atoms with E-state index in [1.807, 2.05) is 6.92 Å². The molecule has 5 nitrogen and oxygen atoms in total. The van der Waals surface area contributed by atoms with Crippen LogP contribution in [0.15, 0.2) is 17.0 Å². The second-order valence-corrected chi connectivity index (χ2v) is 7.19. The lowest BCUT2D eigenvalue weighted by atomic mass is 9.74. The van der Waals surface area contributed by atoms with Crippen LogP contribution in [0.5, 0.6) is 0 Å². The number of primary sulfonamides is 1. The standard InChI is InChI=1S/C13H16ClFN2O3S/c1-2-13(4-3-5-13)17-12(18)9-6-8(21(16,19)20)7-10(15)11(9)14/h6-7H,2-5H2,1H3,(H,17,18)(H2,16,19,20). The Balaban J connectivity index is 2.39. The van der Waals surface area contributed by atoms with Crippen LogP contribution in [0.4, 0.5) is 4.39 Å². The average molecular weight is 335 g/mol. The number of amides is 1. The smallest absolute Gasteiger partial charge is 0.253 e. The van der Waals surface area contributed by atoms with Crippen LogP contribution in [0.2, 0.25) is 5.02 Å². The number of nitrogens with two attached hydrogens (primary N) is 1. The van der Waals surface area contributed by atoms with Crippen LogP contribution in [-0.4, -0.2) is 19.9 Å². The molecular weight excluding hydrogens is 319 g/mol. The van der Waals surface area contributed by atoms with Gasteiger partial charge in [-0.15, -0.1) is 0 Å². The number of carbonyl (C=O) groups is 1. The SMILES string of the molecule is CCC1(NC(=O)c2cc(S(N)(=O)=O)cc(F)c2Cl)CCC1. The van der Waals surface area contributed by atoms with Crippen LogP contribution in [0.1, 0.15) is 43.0 Å². The number of carbonyl (C=O) groups excluding carboxylic acids is 1. The number of rotatable bonds is 4. The third-order valence-corrected chi connectivity index (χ3v) is 5.22. The zero-order chi connectivity index (χ0) is 15.8. The van der Waals surface area contributed by atoms with E-state index in [9.17, 15) is 17.6 Å². The molecule has 8 heteroatoms. The molecule has 3 N–H and O–H groups in total. The van der Waals surface area contributed by atoms with E-state index >= 15 is 0 Å². The van der Waals surface area contributed by atoms with Gasteiger partial charge in [0.15, 0.2) is 0 Å². The van der Waals surface area contributed by atoms with Gasteiger partial charge in [-0.25, -0.2) is 17.9 Å². The van der Waals surface area contributed by atoms with Crippen LogP contribution in [0, 0.1) is 5.82 Å². The molecule has 0 saturated heterocycles. The van der Waals surface area contributed by atoms with Gasteiger partial charge in [0.1, 0.15) is 5.82 Å². The molecule has 116 valence electrons. The molecule has 1 aliphatic rings. The number of hydrogen-bond donors (Lipinski definition) is 2. The van der Waals surface area contributed by atoms with E-state index in [4.69, 9.17) is 16.7 Å². The Labute approximate surface area is 127 Å². The molecule has 0 aromatic heterocycles. The Hall–Kier alpha value is -1.18. The van der Waals surface area contributed by atoms with Crippen molar-refractivity contribution in [2.45, 2.75) is 43.0 Å². The van der Waals surface area contributed by atoms with E-state index in [0.717, 1.165) is 31.7 Å². The first-order chi connectivity index (χ1) is 9.68. The summed E-state index contributed by atoms with van der Waals surface area (Å²) in [5.74, 6) is -1.58. The van der Waals surface area contributed by atoms with E-state index in [0.29, 0.717) is 6.07 Å². The summed E-state index contributed by atoms with van der Waals surface area (Å²) in [6.07, 6.45) is 3.43. The molecular formula is C13H16ClFN2O3S. The summed E-state index contributed by atoms with van der Waals surface area (Å²) in [5, 5.41) is 7.37. The summed E-state index contributed by atoms with van der Waals surface area (Å²) < 4.78 is 36.3. The molecule has 1 saturated carbocycles. The third-order valence-electron chi connectivity index (χ3n) is 3.94. The van der Waals surface area contributed by atoms with Crippen LogP contribution in [-0.2, 0) is 10.0 Å². The molecule has 1 aliphatic carbocycles. The van der Waals surface area contributed by atoms with Gasteiger partial charge in [0, 0.05) is 5.54 Å². The summed E-state index contributed by atoms with van der Waals surface area (Å²) >= 11 is 5.77. The van der Waals surface area contributed by atoms with E-state index in [-0.39, 0.29) is 11.1 Å². The minimum absolute atomic E-state index is 0.222. The van der Waals surface area contributed by atoms with Gasteiger partial charge in [-0.05, 0) is 37.8 Å². The molecule has 2 rings (SSSR count). The first-order valence-electron chi connectivity index (χ1n) is 6.53. The van der Waals surface area contributed by atoms with Crippen LogP contribution < -0.4 is 10.5 Å². The summed E-state index contributed by atoms with van der Waals surface area (Å²) in [6, 6.07) is 1.70. The zero-order valence-corrected chi connectivity index (χ0v) is 13.0. The summed E-state index contributed by atoms with van der Waals surface area (Å²) in [7, 11) is -4.12. The fraction of sp³-hybridized carbons (Fsp3) is 0.462. The molecule has 1 amide bonds. The van der Waals surface area contributed by atoms with Crippen molar-refractivity contribution in [1.29, 1.82) is 0 Å². The molecule has 0 bridgehead atoms. The van der Waals surface area contributed by atoms with Gasteiger partial charge in [-0.3, -0.25) is 4.79 Å². The Bertz CT molecular complexity index is 681. The van der Waals surface area contributed by atoms with Crippen molar-refractivity contribution >= 4 is 27.5 Å². The van der Waals surface area contributed by atoms with Crippen molar-refractivity contribution in [2.75, 3.05) is 0 Å². The first kappa shape index (κ1) is 16.2. The maximum atomic E-state index is 13.7. The minimum Gasteiger partial charge on any atom is -0.347 e. The van der Waals surface area contributed by atoms with Gasteiger partial charge < -0.3 is 5.32 Å². The van der Waals surface area contributed by atoms with E-state index in [1.165, 1.54) is 0 Å². The lowest BCUT2D eigenvalue weighted by Gasteiger charge is -2.42. The number of halogens is 2. The van der Waals surface area contributed by atoms with Crippen molar-refractivity contribution in [1.82, 2.24) is 5.32 Å². The van der Waals surface area contributed by atoms with Crippen molar-refractivity contribution in [3.8, 4) is 0 Å². The predicted octanol–water partition coefficient (Wildman–Crippen LogP) is 2.19. The fourth-order valence-electron chi connectivity index (χ4n) is 2.37. The van der Waals surface area contributed by atoms with Gasteiger partial charge in [0.2, 0.25) is 10.0 Å². The Morgan fingerprint density at radius 2 is 2.10 bits per heavy atom. The quantitative estimate of drug-likeness (QED) is 0.884. The summed E-state index contributed by atoms with van der Waals surface area (Å²) in [6.45, 7) is 1.95. The zero-order valence-electron chi connectivity index (χ0n) is 11.4. The highest BCUT2D eigenvalue weighted by atomic mass is 35.5. The lowest BCUT2D eigenvalue weighted by Crippen LogP contribution is -2.53. The van der Waals surface area contributed by atoms with Crippen molar-refractivity contribution in [3.05, 3.63) is 28.5 Å². The van der Waals surface area contributed by atoms with Gasteiger partial charge in [0.05, 0.1) is 15.5 Å². The Morgan fingerprint density at radius 1 is 1.48 bits per heavy atom. The van der Waals surface area contributed by atoms with E-state index in [2.05, 4.69) is 5.32 Å². The highest BCUT2D eigenvalue weighted by molar-refractivity contribution is 7.89. The largest absolute Gasteiger partial charge is 0.347 e. The lowest BCUT2D eigenvalue weighted by molar-refractivity contribution is 0.0820. The molecule has 0 aliphatic heterocycles. The van der Waals surface area contributed by atoms with E-state index < -0.39 is 31.7 Å². The monoisotopic (exact) mass is 334 g/mol. The topological polar surface area (TPSA) is 89.3 Å². The number of benzene rings is 1. The van der Waals surface area contributed by atoms with Gasteiger partial charge >= 0.3 is 0 Å². The van der Waals surface area contributed by atoms with Gasteiger partial charge in [0.25, 0.3) is 5.91 Å². The fourth-order valence-corrected chi connectivity index (χ4v) is 3.12. The van der Waals surface area contributed by atoms with Gasteiger partial charge in [-0.1, -0.05) is 18.5 Å². The summed E-state index contributed by atoms with van der Waals surface area (Å²) in [4.78, 5) is 11.8. The molecule has 1 aromatic carbocycles. The number of nitrogens with one attached hydrogen (secondary N) is 1. The average Bonchev–Trinajstić information content (AvgIpc) is 2.35.